The van der Waals surface area contributed by atoms with Crippen LogP contribution >= 0.6 is 12.4 Å². The van der Waals surface area contributed by atoms with Crippen molar-refractivity contribution >= 4 is 40.9 Å². The molecule has 1 aromatic carbocycles. The van der Waals surface area contributed by atoms with Gasteiger partial charge in [-0.25, -0.2) is 13.6 Å². The number of piperidine rings is 4. The van der Waals surface area contributed by atoms with Crippen molar-refractivity contribution in [2.75, 3.05) is 44.2 Å². The third-order valence-corrected chi connectivity index (χ3v) is 9.62. The van der Waals surface area contributed by atoms with Crippen molar-refractivity contribution in [2.24, 2.45) is 18.9 Å². The Hall–Kier alpha value is -2.50. The van der Waals surface area contributed by atoms with Crippen LogP contribution in [0.25, 0.3) is 11.0 Å². The molecule has 1 aromatic heterocycles. The van der Waals surface area contributed by atoms with Gasteiger partial charge in [0.15, 0.2) is 0 Å². The van der Waals surface area contributed by atoms with Crippen LogP contribution in [0.15, 0.2) is 23.0 Å². The third-order valence-electron chi connectivity index (χ3n) is 9.62. The van der Waals surface area contributed by atoms with Gasteiger partial charge in [-0.3, -0.25) is 28.9 Å². The zero-order chi connectivity index (χ0) is 27.3. The van der Waals surface area contributed by atoms with Gasteiger partial charge in [0, 0.05) is 32.2 Å². The molecule has 40 heavy (non-hydrogen) atoms. The molecule has 4 fully saturated rings. The maximum Gasteiger partial charge on any atom is 0.329 e. The summed E-state index contributed by atoms with van der Waals surface area (Å²) in [7, 11) is 1.72. The number of benzene rings is 1. The van der Waals surface area contributed by atoms with Gasteiger partial charge in [-0.1, -0.05) is 0 Å². The van der Waals surface area contributed by atoms with Gasteiger partial charge in [-0.2, -0.15) is 0 Å². The number of likely N-dealkylation sites (tertiary alicyclic amines) is 1. The quantitative estimate of drug-likeness (QED) is 0.541. The minimum atomic E-state index is -2.65. The van der Waals surface area contributed by atoms with Crippen LogP contribution in [0.2, 0.25) is 0 Å². The van der Waals surface area contributed by atoms with E-state index < -0.39 is 23.9 Å². The van der Waals surface area contributed by atoms with Crippen molar-refractivity contribution in [3.8, 4) is 0 Å². The van der Waals surface area contributed by atoms with Crippen LogP contribution in [0.1, 0.15) is 51.0 Å². The Labute approximate surface area is 238 Å². The number of aromatic nitrogens is 2. The number of carbonyl (C=O) groups excluding carboxylic acids is 2. The van der Waals surface area contributed by atoms with Gasteiger partial charge < -0.3 is 10.2 Å². The molecular formula is C28H39ClF2N6O3. The Kier molecular flexibility index (Phi) is 8.27. The number of fused-ring (bicyclic) bond motifs is 1. The minimum absolute atomic E-state index is 0. The number of anilines is 1. The maximum atomic E-state index is 14.4. The van der Waals surface area contributed by atoms with E-state index in [1.54, 1.807) is 11.6 Å². The van der Waals surface area contributed by atoms with Crippen LogP contribution in [-0.2, 0) is 16.6 Å². The first kappa shape index (κ1) is 29.0. The summed E-state index contributed by atoms with van der Waals surface area (Å²) in [6.07, 6.45) is 5.18. The summed E-state index contributed by atoms with van der Waals surface area (Å²) in [5, 5.41) is 5.18. The lowest BCUT2D eigenvalue weighted by atomic mass is 9.78. The highest BCUT2D eigenvalue weighted by atomic mass is 35.5. The Balaban J connectivity index is 0.00000323. The smallest absolute Gasteiger partial charge is 0.329 e. The number of rotatable bonds is 4. The van der Waals surface area contributed by atoms with E-state index in [4.69, 9.17) is 0 Å². The summed E-state index contributed by atoms with van der Waals surface area (Å²) in [5.74, 6) is -2.18. The fourth-order valence-corrected chi connectivity index (χ4v) is 7.38. The Morgan fingerprint density at radius 1 is 0.900 bits per heavy atom. The molecule has 4 saturated heterocycles. The van der Waals surface area contributed by atoms with Gasteiger partial charge in [0.1, 0.15) is 6.04 Å². The number of imide groups is 1. The van der Waals surface area contributed by atoms with Gasteiger partial charge in [-0.15, -0.1) is 12.4 Å². The molecule has 2 N–H and O–H groups in total. The van der Waals surface area contributed by atoms with Crippen LogP contribution < -0.4 is 21.2 Å². The first-order valence-corrected chi connectivity index (χ1v) is 14.3. The molecule has 9 nitrogen and oxygen atoms in total. The molecule has 6 rings (SSSR count). The molecular weight excluding hydrogens is 542 g/mol. The number of hydrogen-bond donors (Lipinski definition) is 2. The Morgan fingerprint density at radius 2 is 1.57 bits per heavy atom. The number of halogens is 3. The SMILES string of the molecule is Cl.Cn1c(=O)n(C2CCC(=O)NC2=O)c2ccc(N3CCC(C4CCN(C5CCNCC5(F)F)CC4)CC3)cc21. The first-order chi connectivity index (χ1) is 18.7. The number of hydrogen-bond acceptors (Lipinski definition) is 6. The molecule has 0 bridgehead atoms. The minimum Gasteiger partial charge on any atom is -0.371 e. The number of aryl methyl sites for hydroxylation is 1. The summed E-state index contributed by atoms with van der Waals surface area (Å²) < 4.78 is 31.9. The number of nitrogens with one attached hydrogen (secondary N) is 2. The van der Waals surface area contributed by atoms with Gasteiger partial charge in [0.2, 0.25) is 11.8 Å². The lowest BCUT2D eigenvalue weighted by Crippen LogP contribution is -2.58. The van der Waals surface area contributed by atoms with Crippen molar-refractivity contribution in [3.63, 3.8) is 0 Å². The molecule has 2 amide bonds. The van der Waals surface area contributed by atoms with Crippen molar-refractivity contribution in [2.45, 2.75) is 63.0 Å². The number of nitrogens with zero attached hydrogens (tertiary/aromatic N) is 4. The molecule has 220 valence electrons. The molecule has 0 spiro atoms. The van der Waals surface area contributed by atoms with Gasteiger partial charge in [-0.05, 0) is 88.2 Å². The van der Waals surface area contributed by atoms with Gasteiger partial charge in [0.25, 0.3) is 5.92 Å². The zero-order valence-electron chi connectivity index (χ0n) is 22.9. The van der Waals surface area contributed by atoms with Crippen LogP contribution in [0.3, 0.4) is 0 Å². The lowest BCUT2D eigenvalue weighted by Gasteiger charge is -2.45. The van der Waals surface area contributed by atoms with E-state index >= 15 is 0 Å². The number of alkyl halides is 2. The molecule has 4 aliphatic rings. The second-order valence-corrected chi connectivity index (χ2v) is 11.8. The third kappa shape index (κ3) is 5.27. The number of imidazole rings is 1. The summed E-state index contributed by atoms with van der Waals surface area (Å²) in [6.45, 7) is 3.83. The molecule has 2 atom stereocenters. The molecule has 2 unspecified atom stereocenters. The highest BCUT2D eigenvalue weighted by Crippen LogP contribution is 2.37. The number of amides is 2. The predicted molar refractivity (Wildman–Crippen MR) is 151 cm³/mol. The van der Waals surface area contributed by atoms with Gasteiger partial charge in [0.05, 0.1) is 23.6 Å². The molecule has 0 aliphatic carbocycles. The highest BCUT2D eigenvalue weighted by molar-refractivity contribution is 6.00. The van der Waals surface area contributed by atoms with E-state index in [-0.39, 0.29) is 37.0 Å². The fraction of sp³-hybridized carbons (Fsp3) is 0.679. The van der Waals surface area contributed by atoms with Crippen molar-refractivity contribution in [1.82, 2.24) is 24.7 Å². The standard InChI is InChI=1S/C28H38F2N6O3.ClH/c1-33-23-16-20(2-3-21(23)36(27(33)39)22-4-5-25(37)32-26(22)38)34-12-7-18(8-13-34)19-9-14-35(15-10-19)24-6-11-31-17-28(24,29)30;/h2-3,16,18-19,22,24,31H,4-15,17H2,1H3,(H,32,37,38);1H. The lowest BCUT2D eigenvalue weighted by molar-refractivity contribution is -0.135. The van der Waals surface area contributed by atoms with E-state index in [9.17, 15) is 23.2 Å². The zero-order valence-corrected chi connectivity index (χ0v) is 23.7. The second-order valence-electron chi connectivity index (χ2n) is 11.8. The molecule has 4 aliphatic heterocycles. The Bertz CT molecular complexity index is 1310. The van der Waals surface area contributed by atoms with Gasteiger partial charge >= 0.3 is 5.69 Å². The summed E-state index contributed by atoms with van der Waals surface area (Å²) in [6, 6.07) is 4.64. The van der Waals surface area contributed by atoms with E-state index in [0.29, 0.717) is 36.7 Å². The number of carbonyl (C=O) groups is 2. The van der Waals surface area contributed by atoms with Crippen molar-refractivity contribution in [1.29, 1.82) is 0 Å². The van der Waals surface area contributed by atoms with Crippen molar-refractivity contribution in [3.05, 3.63) is 28.7 Å². The molecule has 12 heteroatoms. The maximum absolute atomic E-state index is 14.4. The van der Waals surface area contributed by atoms with Crippen LogP contribution in [-0.4, -0.2) is 77.1 Å². The first-order valence-electron chi connectivity index (χ1n) is 14.3. The largest absolute Gasteiger partial charge is 0.371 e. The molecule has 2 aromatic rings. The normalized spacial score (nSPS) is 27.0. The monoisotopic (exact) mass is 580 g/mol. The topological polar surface area (TPSA) is 91.6 Å². The van der Waals surface area contributed by atoms with E-state index in [2.05, 4.69) is 15.5 Å². The summed E-state index contributed by atoms with van der Waals surface area (Å²) >= 11 is 0. The van der Waals surface area contributed by atoms with E-state index in [1.807, 2.05) is 23.1 Å². The average Bonchev–Trinajstić information content (AvgIpc) is 3.18. The summed E-state index contributed by atoms with van der Waals surface area (Å²) in [4.78, 5) is 41.5. The molecule has 0 saturated carbocycles. The van der Waals surface area contributed by atoms with Crippen molar-refractivity contribution < 1.29 is 18.4 Å². The Morgan fingerprint density at radius 3 is 2.23 bits per heavy atom. The second kappa shape index (κ2) is 11.4. The van der Waals surface area contributed by atoms with E-state index in [0.717, 1.165) is 63.1 Å². The summed E-state index contributed by atoms with van der Waals surface area (Å²) in [5.41, 5.74) is 2.26. The van der Waals surface area contributed by atoms with Crippen LogP contribution in [0.5, 0.6) is 0 Å². The fourth-order valence-electron chi connectivity index (χ4n) is 7.38. The predicted octanol–water partition coefficient (Wildman–Crippen LogP) is 2.67. The van der Waals surface area contributed by atoms with Crippen LogP contribution in [0, 0.1) is 11.8 Å². The average molecular weight is 581 g/mol. The van der Waals surface area contributed by atoms with Crippen LogP contribution in [0.4, 0.5) is 14.5 Å². The molecule has 0 radical (unpaired) electrons. The van der Waals surface area contributed by atoms with E-state index in [1.165, 1.54) is 4.57 Å². The highest BCUT2D eigenvalue weighted by Gasteiger charge is 2.46. The molecule has 5 heterocycles.